The van der Waals surface area contributed by atoms with E-state index >= 15 is 0 Å². The molecule has 0 aliphatic rings. The Morgan fingerprint density at radius 3 is 2.69 bits per heavy atom. The van der Waals surface area contributed by atoms with Gasteiger partial charge in [0.2, 0.25) is 0 Å². The van der Waals surface area contributed by atoms with Gasteiger partial charge in [-0.25, -0.2) is 0 Å². The van der Waals surface area contributed by atoms with Crippen LogP contribution in [0.1, 0.15) is 11.1 Å². The van der Waals surface area contributed by atoms with Gasteiger partial charge in [-0.15, -0.1) is 0 Å². The second-order valence-corrected chi connectivity index (χ2v) is 2.54. The first-order valence-corrected chi connectivity index (χ1v) is 3.63. The van der Waals surface area contributed by atoms with Gasteiger partial charge in [-0.1, -0.05) is 35.6 Å². The Bertz CT molecular complexity index is 318. The summed E-state index contributed by atoms with van der Waals surface area (Å²) in [6, 6.07) is 7.14. The second-order valence-electron chi connectivity index (χ2n) is 2.54. The van der Waals surface area contributed by atoms with E-state index in [0.717, 1.165) is 11.6 Å². The van der Waals surface area contributed by atoms with Gasteiger partial charge in [0.25, 0.3) is 0 Å². The van der Waals surface area contributed by atoms with E-state index in [0.29, 0.717) is 11.8 Å². The molecule has 0 spiro atoms. The van der Waals surface area contributed by atoms with E-state index in [-0.39, 0.29) is 35.3 Å². The third-order valence-corrected chi connectivity index (χ3v) is 1.52. The maximum Gasteiger partial charge on any atom is 1.00 e. The van der Waals surface area contributed by atoms with Crippen LogP contribution < -0.4 is 34.7 Å². The number of hydrogen-bond acceptors (Lipinski definition) is 2. The SMILES string of the molecule is Cc1cccc(/C([O-])=C/C=O)c1.[Na+]. The number of benzene rings is 1. The van der Waals surface area contributed by atoms with Gasteiger partial charge < -0.3 is 5.11 Å². The molecule has 62 valence electrons. The maximum atomic E-state index is 11.1. The van der Waals surface area contributed by atoms with Crippen molar-refractivity contribution in [2.45, 2.75) is 6.92 Å². The zero-order valence-corrected chi connectivity index (χ0v) is 9.78. The summed E-state index contributed by atoms with van der Waals surface area (Å²) in [7, 11) is 0. The first kappa shape index (κ1) is 12.4. The number of hydrogen-bond donors (Lipinski definition) is 0. The van der Waals surface area contributed by atoms with Crippen LogP contribution in [0.4, 0.5) is 0 Å². The molecule has 0 heterocycles. The predicted octanol–water partition coefficient (Wildman–Crippen LogP) is -2.10. The standard InChI is InChI=1S/C10H10O2.Na/c1-8-3-2-4-9(7-8)10(12)5-6-11;/h2-7,12H,1H3;/q;+1/p-1/b10-5-;. The van der Waals surface area contributed by atoms with E-state index in [1.54, 1.807) is 18.2 Å². The monoisotopic (exact) mass is 184 g/mol. The summed E-state index contributed by atoms with van der Waals surface area (Å²) in [5.74, 6) is -0.242. The zero-order chi connectivity index (χ0) is 8.97. The van der Waals surface area contributed by atoms with Crippen LogP contribution in [-0.4, -0.2) is 6.29 Å². The van der Waals surface area contributed by atoms with Gasteiger partial charge in [-0.2, -0.15) is 0 Å². The van der Waals surface area contributed by atoms with Crippen molar-refractivity contribution >= 4 is 12.0 Å². The zero-order valence-electron chi connectivity index (χ0n) is 7.78. The van der Waals surface area contributed by atoms with E-state index in [1.807, 2.05) is 13.0 Å². The third-order valence-electron chi connectivity index (χ3n) is 1.52. The van der Waals surface area contributed by atoms with E-state index in [2.05, 4.69) is 0 Å². The molecule has 1 aromatic carbocycles. The van der Waals surface area contributed by atoms with Crippen LogP contribution in [0.3, 0.4) is 0 Å². The minimum absolute atomic E-state index is 0. The van der Waals surface area contributed by atoms with Crippen molar-refractivity contribution in [3.8, 4) is 0 Å². The molecule has 0 aromatic heterocycles. The first-order valence-electron chi connectivity index (χ1n) is 3.63. The molecule has 0 saturated carbocycles. The summed E-state index contributed by atoms with van der Waals surface area (Å²) >= 11 is 0. The van der Waals surface area contributed by atoms with Crippen molar-refractivity contribution in [1.82, 2.24) is 0 Å². The quantitative estimate of drug-likeness (QED) is 0.228. The smallest absolute Gasteiger partial charge is 0.872 e. The second kappa shape index (κ2) is 5.97. The van der Waals surface area contributed by atoms with Gasteiger partial charge in [0.15, 0.2) is 0 Å². The Morgan fingerprint density at radius 2 is 2.15 bits per heavy atom. The van der Waals surface area contributed by atoms with Crippen LogP contribution in [-0.2, 0) is 4.79 Å². The minimum atomic E-state index is -0.242. The van der Waals surface area contributed by atoms with Crippen molar-refractivity contribution in [2.75, 3.05) is 0 Å². The van der Waals surface area contributed by atoms with E-state index in [4.69, 9.17) is 0 Å². The minimum Gasteiger partial charge on any atom is -0.872 e. The van der Waals surface area contributed by atoms with Crippen LogP contribution in [0.2, 0.25) is 0 Å². The normalized spacial score (nSPS) is 10.4. The van der Waals surface area contributed by atoms with Crippen molar-refractivity contribution < 1.29 is 39.5 Å². The van der Waals surface area contributed by atoms with E-state index < -0.39 is 0 Å². The predicted molar refractivity (Wildman–Crippen MR) is 45.2 cm³/mol. The fourth-order valence-electron chi connectivity index (χ4n) is 0.956. The average Bonchev–Trinajstić information content (AvgIpc) is 2.05. The van der Waals surface area contributed by atoms with Crippen LogP contribution >= 0.6 is 0 Å². The van der Waals surface area contributed by atoms with Gasteiger partial charge in [0.05, 0.1) is 0 Å². The molecule has 0 atom stereocenters. The van der Waals surface area contributed by atoms with Gasteiger partial charge >= 0.3 is 29.6 Å². The van der Waals surface area contributed by atoms with Gasteiger partial charge in [-0.3, -0.25) is 4.79 Å². The molecule has 0 saturated heterocycles. The fraction of sp³-hybridized carbons (Fsp3) is 0.100. The molecule has 0 radical (unpaired) electrons. The molecule has 0 bridgehead atoms. The summed E-state index contributed by atoms with van der Waals surface area (Å²) in [5.41, 5.74) is 1.57. The fourth-order valence-corrected chi connectivity index (χ4v) is 0.956. The molecule has 1 aromatic rings. The average molecular weight is 184 g/mol. The largest absolute Gasteiger partial charge is 1.00 e. The van der Waals surface area contributed by atoms with Crippen molar-refractivity contribution in [3.63, 3.8) is 0 Å². The number of allylic oxidation sites excluding steroid dienone is 1. The number of rotatable bonds is 2. The van der Waals surface area contributed by atoms with Gasteiger partial charge in [0, 0.05) is 0 Å². The molecule has 1 rings (SSSR count). The summed E-state index contributed by atoms with van der Waals surface area (Å²) in [4.78, 5) is 10.00. The Hall–Kier alpha value is -0.570. The first-order chi connectivity index (χ1) is 5.74. The molecular formula is C10H9NaO2. The Labute approximate surface area is 99.6 Å². The molecular weight excluding hydrogens is 175 g/mol. The van der Waals surface area contributed by atoms with Gasteiger partial charge in [0.1, 0.15) is 6.29 Å². The van der Waals surface area contributed by atoms with Crippen molar-refractivity contribution in [2.24, 2.45) is 0 Å². The van der Waals surface area contributed by atoms with E-state index in [1.165, 1.54) is 0 Å². The van der Waals surface area contributed by atoms with Gasteiger partial charge in [-0.05, 0) is 18.6 Å². The van der Waals surface area contributed by atoms with Crippen molar-refractivity contribution in [1.29, 1.82) is 0 Å². The van der Waals surface area contributed by atoms with Crippen molar-refractivity contribution in [3.05, 3.63) is 41.5 Å². The number of aryl methyl sites for hydroxylation is 1. The van der Waals surface area contributed by atoms with Crippen LogP contribution in [0.5, 0.6) is 0 Å². The number of aldehydes is 1. The molecule has 0 N–H and O–H groups in total. The summed E-state index contributed by atoms with van der Waals surface area (Å²) in [6.07, 6.45) is 1.53. The molecule has 2 nitrogen and oxygen atoms in total. The molecule has 0 fully saturated rings. The van der Waals surface area contributed by atoms with E-state index in [9.17, 15) is 9.90 Å². The molecule has 3 heteroatoms. The molecule has 0 amide bonds. The molecule has 0 unspecified atom stereocenters. The molecule has 0 aliphatic heterocycles. The summed E-state index contributed by atoms with van der Waals surface area (Å²) in [5, 5.41) is 11.1. The van der Waals surface area contributed by atoms with Crippen LogP contribution in [0.25, 0.3) is 5.76 Å². The topological polar surface area (TPSA) is 40.1 Å². The Kier molecular flexibility index (Phi) is 5.71. The summed E-state index contributed by atoms with van der Waals surface area (Å²) in [6.45, 7) is 1.90. The number of carbonyl (C=O) groups is 1. The summed E-state index contributed by atoms with van der Waals surface area (Å²) < 4.78 is 0. The molecule has 0 aliphatic carbocycles. The van der Waals surface area contributed by atoms with Crippen LogP contribution in [0.15, 0.2) is 30.3 Å². The van der Waals surface area contributed by atoms with Crippen LogP contribution in [0, 0.1) is 6.92 Å². The third kappa shape index (κ3) is 3.77. The Morgan fingerprint density at radius 1 is 1.46 bits per heavy atom. The molecule has 13 heavy (non-hydrogen) atoms. The maximum absolute atomic E-state index is 11.1. The number of carbonyl (C=O) groups excluding carboxylic acids is 1. The Balaban J connectivity index is 0.00000144.